The second-order valence-electron chi connectivity index (χ2n) is 3.90. The highest BCUT2D eigenvalue weighted by atomic mass is 35.5. The Balaban J connectivity index is 3.51. The van der Waals surface area contributed by atoms with Gasteiger partial charge in [0.2, 0.25) is 0 Å². The summed E-state index contributed by atoms with van der Waals surface area (Å²) in [5, 5.41) is 9.57. The van der Waals surface area contributed by atoms with Crippen molar-refractivity contribution in [3.63, 3.8) is 0 Å². The van der Waals surface area contributed by atoms with Crippen molar-refractivity contribution in [2.24, 2.45) is 0 Å². The third-order valence-corrected chi connectivity index (χ3v) is 2.79. The molecule has 0 unspecified atom stereocenters. The van der Waals surface area contributed by atoms with Gasteiger partial charge in [-0.25, -0.2) is 0 Å². The minimum absolute atomic E-state index is 0.424. The van der Waals surface area contributed by atoms with E-state index in [1.54, 1.807) is 33.1 Å². The van der Waals surface area contributed by atoms with Gasteiger partial charge in [-0.2, -0.15) is 5.26 Å². The normalized spacial score (nSPS) is 10.8. The van der Waals surface area contributed by atoms with Crippen molar-refractivity contribution in [2.45, 2.75) is 19.3 Å². The molecule has 0 radical (unpaired) electrons. The first-order chi connectivity index (χ1) is 7.47. The van der Waals surface area contributed by atoms with E-state index >= 15 is 0 Å². The standard InChI is InChI=1S/C12H14ClNO2/c1-12(2,7-14)10-8(15-3)5-6-9(16-4)11(10)13/h5-6H,1-4H3. The van der Waals surface area contributed by atoms with Crippen molar-refractivity contribution in [3.05, 3.63) is 22.7 Å². The molecular weight excluding hydrogens is 226 g/mol. The molecule has 16 heavy (non-hydrogen) atoms. The predicted molar refractivity (Wildman–Crippen MR) is 63.2 cm³/mol. The molecule has 0 saturated carbocycles. The topological polar surface area (TPSA) is 42.2 Å². The lowest BCUT2D eigenvalue weighted by atomic mass is 9.85. The number of halogens is 1. The number of nitriles is 1. The third kappa shape index (κ3) is 2.07. The monoisotopic (exact) mass is 239 g/mol. The summed E-state index contributed by atoms with van der Waals surface area (Å²) in [5.74, 6) is 1.14. The molecule has 1 aromatic carbocycles. The van der Waals surface area contributed by atoms with Gasteiger partial charge in [-0.15, -0.1) is 0 Å². The van der Waals surface area contributed by atoms with Crippen molar-refractivity contribution in [1.82, 2.24) is 0 Å². The Morgan fingerprint density at radius 1 is 1.19 bits per heavy atom. The molecule has 0 aliphatic carbocycles. The molecule has 86 valence electrons. The largest absolute Gasteiger partial charge is 0.496 e. The van der Waals surface area contributed by atoms with Gasteiger partial charge >= 0.3 is 0 Å². The number of benzene rings is 1. The van der Waals surface area contributed by atoms with Crippen LogP contribution < -0.4 is 9.47 Å². The third-order valence-electron chi connectivity index (χ3n) is 2.41. The van der Waals surface area contributed by atoms with Gasteiger partial charge in [-0.3, -0.25) is 0 Å². The summed E-state index contributed by atoms with van der Waals surface area (Å²) in [5.41, 5.74) is -0.0738. The van der Waals surface area contributed by atoms with E-state index in [1.807, 2.05) is 0 Å². The SMILES string of the molecule is COc1ccc(OC)c(C(C)(C)C#N)c1Cl. The van der Waals surface area contributed by atoms with Crippen molar-refractivity contribution < 1.29 is 9.47 Å². The molecule has 0 saturated heterocycles. The van der Waals surface area contributed by atoms with Gasteiger partial charge in [-0.1, -0.05) is 11.6 Å². The maximum atomic E-state index is 9.15. The zero-order valence-electron chi connectivity index (χ0n) is 9.80. The summed E-state index contributed by atoms with van der Waals surface area (Å²) < 4.78 is 10.4. The first-order valence-corrected chi connectivity index (χ1v) is 5.18. The Bertz CT molecular complexity index is 435. The molecule has 0 fully saturated rings. The van der Waals surface area contributed by atoms with Crippen LogP contribution in [0, 0.1) is 11.3 Å². The van der Waals surface area contributed by atoms with Crippen LogP contribution in [-0.4, -0.2) is 14.2 Å². The molecule has 0 atom stereocenters. The lowest BCUT2D eigenvalue weighted by molar-refractivity contribution is 0.393. The molecular formula is C12H14ClNO2. The van der Waals surface area contributed by atoms with Crippen LogP contribution in [0.1, 0.15) is 19.4 Å². The fourth-order valence-corrected chi connectivity index (χ4v) is 1.97. The number of methoxy groups -OCH3 is 2. The molecule has 0 amide bonds. The lowest BCUT2D eigenvalue weighted by Crippen LogP contribution is -2.16. The first-order valence-electron chi connectivity index (χ1n) is 4.80. The second kappa shape index (κ2) is 4.63. The van der Waals surface area contributed by atoms with Crippen LogP contribution in [0.4, 0.5) is 0 Å². The second-order valence-corrected chi connectivity index (χ2v) is 4.27. The molecule has 0 heterocycles. The van der Waals surface area contributed by atoms with Crippen LogP contribution in [0.2, 0.25) is 5.02 Å². The maximum absolute atomic E-state index is 9.15. The van der Waals surface area contributed by atoms with Gasteiger partial charge in [0.25, 0.3) is 0 Å². The molecule has 0 spiro atoms. The summed E-state index contributed by atoms with van der Waals surface area (Å²) in [6.45, 7) is 3.58. The van der Waals surface area contributed by atoms with E-state index in [9.17, 15) is 0 Å². The Kier molecular flexibility index (Phi) is 3.66. The zero-order valence-corrected chi connectivity index (χ0v) is 10.6. The fraction of sp³-hybridized carbons (Fsp3) is 0.417. The molecule has 0 aliphatic rings. The van der Waals surface area contributed by atoms with Crippen molar-refractivity contribution >= 4 is 11.6 Å². The molecule has 1 rings (SSSR count). The van der Waals surface area contributed by atoms with Gasteiger partial charge in [0.15, 0.2) is 0 Å². The minimum Gasteiger partial charge on any atom is -0.496 e. The summed E-state index contributed by atoms with van der Waals surface area (Å²) in [7, 11) is 3.09. The molecule has 0 bridgehead atoms. The summed E-state index contributed by atoms with van der Waals surface area (Å²) in [4.78, 5) is 0. The molecule has 1 aromatic rings. The van der Waals surface area contributed by atoms with Gasteiger partial charge in [0.1, 0.15) is 11.5 Å². The average Bonchev–Trinajstić information content (AvgIpc) is 2.28. The Hall–Kier alpha value is -1.40. The van der Waals surface area contributed by atoms with E-state index in [0.717, 1.165) is 0 Å². The highest BCUT2D eigenvalue weighted by Gasteiger charge is 2.28. The number of hydrogen-bond donors (Lipinski definition) is 0. The molecule has 0 N–H and O–H groups in total. The van der Waals surface area contributed by atoms with Crippen LogP contribution in [-0.2, 0) is 5.41 Å². The number of hydrogen-bond acceptors (Lipinski definition) is 3. The van der Waals surface area contributed by atoms with Crippen LogP contribution in [0.5, 0.6) is 11.5 Å². The highest BCUT2D eigenvalue weighted by molar-refractivity contribution is 6.33. The van der Waals surface area contributed by atoms with Crippen LogP contribution >= 0.6 is 11.6 Å². The fourth-order valence-electron chi connectivity index (χ4n) is 1.51. The Morgan fingerprint density at radius 3 is 2.12 bits per heavy atom. The van der Waals surface area contributed by atoms with Crippen LogP contribution in [0.15, 0.2) is 12.1 Å². The smallest absolute Gasteiger partial charge is 0.138 e. The molecule has 0 aromatic heterocycles. The predicted octanol–water partition coefficient (Wildman–Crippen LogP) is 3.16. The highest BCUT2D eigenvalue weighted by Crippen LogP contribution is 2.41. The van der Waals surface area contributed by atoms with Gasteiger partial charge in [0, 0.05) is 5.56 Å². The van der Waals surface area contributed by atoms with E-state index in [2.05, 4.69) is 6.07 Å². The summed E-state index contributed by atoms with van der Waals surface area (Å²) in [6, 6.07) is 5.67. The van der Waals surface area contributed by atoms with Crippen molar-refractivity contribution in [2.75, 3.05) is 14.2 Å². The average molecular weight is 240 g/mol. The quantitative estimate of drug-likeness (QED) is 0.814. The molecule has 3 nitrogen and oxygen atoms in total. The van der Waals surface area contributed by atoms with Crippen molar-refractivity contribution in [3.8, 4) is 17.6 Å². The summed E-state index contributed by atoms with van der Waals surface area (Å²) in [6.07, 6.45) is 0. The van der Waals surface area contributed by atoms with Crippen molar-refractivity contribution in [1.29, 1.82) is 5.26 Å². The Morgan fingerprint density at radius 2 is 1.69 bits per heavy atom. The molecule has 0 aliphatic heterocycles. The van der Waals surface area contributed by atoms with E-state index in [0.29, 0.717) is 22.1 Å². The maximum Gasteiger partial charge on any atom is 0.138 e. The van der Waals surface area contributed by atoms with Gasteiger partial charge < -0.3 is 9.47 Å². The number of rotatable bonds is 3. The van der Waals surface area contributed by atoms with Crippen LogP contribution in [0.25, 0.3) is 0 Å². The zero-order chi connectivity index (χ0) is 12.3. The van der Waals surface area contributed by atoms with E-state index in [1.165, 1.54) is 7.11 Å². The number of nitrogens with zero attached hydrogens (tertiary/aromatic N) is 1. The van der Waals surface area contributed by atoms with Crippen LogP contribution in [0.3, 0.4) is 0 Å². The Labute approximate surface area is 101 Å². The first kappa shape index (κ1) is 12.7. The summed E-state index contributed by atoms with van der Waals surface area (Å²) >= 11 is 6.20. The van der Waals surface area contributed by atoms with Gasteiger partial charge in [0.05, 0.1) is 30.7 Å². The van der Waals surface area contributed by atoms with E-state index < -0.39 is 5.41 Å². The lowest BCUT2D eigenvalue weighted by Gasteiger charge is -2.22. The minimum atomic E-state index is -0.725. The van der Waals surface area contributed by atoms with E-state index in [-0.39, 0.29) is 0 Å². The van der Waals surface area contributed by atoms with Gasteiger partial charge in [-0.05, 0) is 26.0 Å². The molecule has 4 heteroatoms. The van der Waals surface area contributed by atoms with E-state index in [4.69, 9.17) is 26.3 Å². The number of ether oxygens (including phenoxy) is 2.